The van der Waals surface area contributed by atoms with Crippen molar-refractivity contribution in [3.05, 3.63) is 42.0 Å². The van der Waals surface area contributed by atoms with E-state index in [0.29, 0.717) is 0 Å². The minimum Gasteiger partial charge on any atom is -0.343 e. The summed E-state index contributed by atoms with van der Waals surface area (Å²) < 4.78 is 35.2. The number of carbonyl (C=O) groups excluding carboxylic acids is 1. The Kier molecular flexibility index (Phi) is 4.10. The summed E-state index contributed by atoms with van der Waals surface area (Å²) in [4.78, 5) is 11.0. The van der Waals surface area contributed by atoms with Gasteiger partial charge < -0.3 is 5.32 Å². The van der Waals surface area contributed by atoms with Gasteiger partial charge in [0.05, 0.1) is 0 Å². The number of carbonyl (C=O) groups is 1. The lowest BCUT2D eigenvalue weighted by molar-refractivity contribution is -0.135. The molecule has 0 aliphatic carbocycles. The Morgan fingerprint density at radius 1 is 1.25 bits per heavy atom. The molecule has 0 aliphatic rings. The van der Waals surface area contributed by atoms with E-state index in [1.165, 1.54) is 6.08 Å². The van der Waals surface area contributed by atoms with Crippen LogP contribution in [0.2, 0.25) is 0 Å². The second-order valence-electron chi connectivity index (χ2n) is 3.08. The lowest BCUT2D eigenvalue weighted by Gasteiger charge is -2.05. The summed E-state index contributed by atoms with van der Waals surface area (Å²) in [5.74, 6) is -0.763. The lowest BCUT2D eigenvalue weighted by atomic mass is 10.2. The largest absolute Gasteiger partial charge is 0.405 e. The van der Waals surface area contributed by atoms with Gasteiger partial charge in [-0.3, -0.25) is 4.79 Å². The van der Waals surface area contributed by atoms with E-state index in [-0.39, 0.29) is 0 Å². The van der Waals surface area contributed by atoms with E-state index in [0.717, 1.165) is 11.6 Å². The summed E-state index contributed by atoms with van der Waals surface area (Å²) in [7, 11) is 0. The first kappa shape index (κ1) is 12.3. The summed E-state index contributed by atoms with van der Waals surface area (Å²) >= 11 is 0. The molecule has 1 aromatic rings. The highest BCUT2D eigenvalue weighted by molar-refractivity contribution is 5.91. The summed E-state index contributed by atoms with van der Waals surface area (Å²) in [5, 5.41) is 1.74. The first-order valence-corrected chi connectivity index (χ1v) is 4.55. The topological polar surface area (TPSA) is 29.1 Å². The molecular formula is C11H10F3NO. The van der Waals surface area contributed by atoms with Crippen LogP contribution in [0.15, 0.2) is 36.4 Å². The highest BCUT2D eigenvalue weighted by atomic mass is 19.4. The van der Waals surface area contributed by atoms with Gasteiger partial charge in [-0.1, -0.05) is 30.3 Å². The predicted molar refractivity (Wildman–Crippen MR) is 54.5 cm³/mol. The quantitative estimate of drug-likeness (QED) is 0.792. The molecule has 86 valence electrons. The van der Waals surface area contributed by atoms with Gasteiger partial charge in [-0.2, -0.15) is 13.2 Å². The zero-order chi connectivity index (χ0) is 12.0. The highest BCUT2D eigenvalue weighted by Gasteiger charge is 2.27. The number of rotatable bonds is 3. The first-order valence-electron chi connectivity index (χ1n) is 4.55. The third kappa shape index (κ3) is 5.19. The van der Waals surface area contributed by atoms with Crippen LogP contribution >= 0.6 is 0 Å². The minimum atomic E-state index is -4.38. The van der Waals surface area contributed by atoms with Gasteiger partial charge in [0.2, 0.25) is 5.91 Å². The van der Waals surface area contributed by atoms with Crippen LogP contribution in [0, 0.1) is 0 Å². The van der Waals surface area contributed by atoms with E-state index in [1.54, 1.807) is 35.6 Å². The number of benzene rings is 1. The molecule has 5 heteroatoms. The molecule has 0 radical (unpaired) electrons. The first-order chi connectivity index (χ1) is 7.47. The van der Waals surface area contributed by atoms with Crippen molar-refractivity contribution < 1.29 is 18.0 Å². The van der Waals surface area contributed by atoms with E-state index in [1.807, 2.05) is 0 Å². The second-order valence-corrected chi connectivity index (χ2v) is 3.08. The number of hydrogen-bond acceptors (Lipinski definition) is 1. The number of amides is 1. The second kappa shape index (κ2) is 5.34. The van der Waals surface area contributed by atoms with Crippen LogP contribution < -0.4 is 5.32 Å². The average Bonchev–Trinajstić information content (AvgIpc) is 2.24. The monoisotopic (exact) mass is 229 g/mol. The van der Waals surface area contributed by atoms with Crippen LogP contribution in [0.3, 0.4) is 0 Å². The molecule has 16 heavy (non-hydrogen) atoms. The van der Waals surface area contributed by atoms with Gasteiger partial charge in [-0.15, -0.1) is 0 Å². The summed E-state index contributed by atoms with van der Waals surface area (Å²) in [6, 6.07) is 8.84. The third-order valence-corrected chi connectivity index (χ3v) is 1.69. The molecule has 0 fully saturated rings. The molecule has 0 bridgehead atoms. The van der Waals surface area contributed by atoms with Crippen molar-refractivity contribution in [1.82, 2.24) is 5.32 Å². The van der Waals surface area contributed by atoms with Gasteiger partial charge in [0, 0.05) is 6.08 Å². The Bertz CT molecular complexity index is 371. The number of halogens is 3. The van der Waals surface area contributed by atoms with Crippen molar-refractivity contribution >= 4 is 12.0 Å². The van der Waals surface area contributed by atoms with Gasteiger partial charge >= 0.3 is 6.18 Å². The number of nitrogens with one attached hydrogen (secondary N) is 1. The van der Waals surface area contributed by atoms with E-state index in [2.05, 4.69) is 0 Å². The van der Waals surface area contributed by atoms with Crippen LogP contribution in [0.25, 0.3) is 6.08 Å². The molecule has 2 nitrogen and oxygen atoms in total. The fourth-order valence-electron chi connectivity index (χ4n) is 0.982. The molecular weight excluding hydrogens is 219 g/mol. The molecule has 0 aromatic heterocycles. The Balaban J connectivity index is 2.43. The van der Waals surface area contributed by atoms with Crippen molar-refractivity contribution in [2.75, 3.05) is 6.54 Å². The molecule has 1 rings (SSSR count). The fourth-order valence-corrected chi connectivity index (χ4v) is 0.982. The zero-order valence-electron chi connectivity index (χ0n) is 8.29. The normalized spacial score (nSPS) is 11.7. The minimum absolute atomic E-state index is 0.754. The van der Waals surface area contributed by atoms with Crippen molar-refractivity contribution in [3.8, 4) is 0 Å². The Hall–Kier alpha value is -1.78. The van der Waals surface area contributed by atoms with E-state index in [9.17, 15) is 18.0 Å². The van der Waals surface area contributed by atoms with Gasteiger partial charge in [0.15, 0.2) is 0 Å². The van der Waals surface area contributed by atoms with Crippen molar-refractivity contribution in [2.24, 2.45) is 0 Å². The van der Waals surface area contributed by atoms with Crippen LogP contribution in [-0.2, 0) is 4.79 Å². The molecule has 0 atom stereocenters. The average molecular weight is 229 g/mol. The van der Waals surface area contributed by atoms with Crippen molar-refractivity contribution in [1.29, 1.82) is 0 Å². The van der Waals surface area contributed by atoms with Gasteiger partial charge in [-0.25, -0.2) is 0 Å². The van der Waals surface area contributed by atoms with E-state index >= 15 is 0 Å². The smallest absolute Gasteiger partial charge is 0.343 e. The Labute approximate surface area is 90.8 Å². The van der Waals surface area contributed by atoms with Crippen molar-refractivity contribution in [3.63, 3.8) is 0 Å². The maximum atomic E-state index is 11.7. The van der Waals surface area contributed by atoms with E-state index in [4.69, 9.17) is 0 Å². The molecule has 0 aliphatic heterocycles. The summed E-state index contributed by atoms with van der Waals surface area (Å²) in [6.45, 7) is -1.31. The van der Waals surface area contributed by atoms with Gasteiger partial charge in [0.25, 0.3) is 0 Å². The van der Waals surface area contributed by atoms with Gasteiger partial charge in [-0.05, 0) is 11.6 Å². The summed E-state index contributed by atoms with van der Waals surface area (Å²) in [6.07, 6.45) is -1.86. The summed E-state index contributed by atoms with van der Waals surface area (Å²) in [5.41, 5.74) is 0.754. The van der Waals surface area contributed by atoms with E-state index < -0.39 is 18.6 Å². The Morgan fingerprint density at radius 2 is 1.88 bits per heavy atom. The van der Waals surface area contributed by atoms with Gasteiger partial charge in [0.1, 0.15) is 6.54 Å². The van der Waals surface area contributed by atoms with Crippen LogP contribution in [0.5, 0.6) is 0 Å². The van der Waals surface area contributed by atoms with Crippen LogP contribution in [-0.4, -0.2) is 18.6 Å². The molecule has 0 saturated carbocycles. The SMILES string of the molecule is O=C(/C=C\c1ccccc1)NCC(F)(F)F. The van der Waals surface area contributed by atoms with Crippen molar-refractivity contribution in [2.45, 2.75) is 6.18 Å². The number of alkyl halides is 3. The lowest BCUT2D eigenvalue weighted by Crippen LogP contribution is -2.32. The maximum Gasteiger partial charge on any atom is 0.405 e. The predicted octanol–water partition coefficient (Wildman–Crippen LogP) is 2.38. The maximum absolute atomic E-state index is 11.7. The van der Waals surface area contributed by atoms with Crippen LogP contribution in [0.4, 0.5) is 13.2 Å². The highest BCUT2D eigenvalue weighted by Crippen LogP contribution is 2.12. The Morgan fingerprint density at radius 3 is 2.44 bits per heavy atom. The van der Waals surface area contributed by atoms with Crippen LogP contribution in [0.1, 0.15) is 5.56 Å². The number of hydrogen-bond donors (Lipinski definition) is 1. The third-order valence-electron chi connectivity index (χ3n) is 1.69. The molecule has 1 amide bonds. The molecule has 0 unspecified atom stereocenters. The standard InChI is InChI=1S/C11H10F3NO/c12-11(13,14)8-15-10(16)7-6-9-4-2-1-3-5-9/h1-7H,8H2,(H,15,16)/b7-6-. The molecule has 1 N–H and O–H groups in total. The zero-order valence-corrected chi connectivity index (χ0v) is 8.29. The molecule has 0 spiro atoms. The molecule has 0 heterocycles. The fraction of sp³-hybridized carbons (Fsp3) is 0.182. The molecule has 0 saturated heterocycles. The molecule has 1 aromatic carbocycles.